The first-order chi connectivity index (χ1) is 5.79. The Morgan fingerprint density at radius 3 is 2.21 bits per heavy atom. The van der Waals surface area contributed by atoms with Crippen LogP contribution in [0, 0.1) is 0 Å². The standard InChI is InChI=1S/C7H13NO4S.Li/c1-4-7(9)8-5(2)6(3)13(10,11)12;/h4-6H,1H2,2-3H3,(H,8,9)(H,10,11,12);/q;+1/p-1. The first kappa shape index (κ1) is 16.2. The van der Waals surface area contributed by atoms with Crippen LogP contribution < -0.4 is 24.2 Å². The Balaban J connectivity index is 0. The first-order valence-corrected chi connectivity index (χ1v) is 5.13. The van der Waals surface area contributed by atoms with Crippen molar-refractivity contribution >= 4 is 16.0 Å². The third-order valence-electron chi connectivity index (χ3n) is 1.71. The minimum absolute atomic E-state index is 0. The van der Waals surface area contributed by atoms with E-state index in [1.165, 1.54) is 13.8 Å². The number of amides is 1. The van der Waals surface area contributed by atoms with Gasteiger partial charge in [-0.3, -0.25) is 4.79 Å². The molecule has 5 nitrogen and oxygen atoms in total. The molecule has 0 heterocycles. The van der Waals surface area contributed by atoms with E-state index in [1.54, 1.807) is 0 Å². The van der Waals surface area contributed by atoms with Crippen molar-refractivity contribution in [1.29, 1.82) is 0 Å². The fourth-order valence-electron chi connectivity index (χ4n) is 0.651. The number of carbonyl (C=O) groups is 1. The maximum Gasteiger partial charge on any atom is 1.00 e. The van der Waals surface area contributed by atoms with Gasteiger partial charge in [0.1, 0.15) is 0 Å². The maximum atomic E-state index is 10.7. The van der Waals surface area contributed by atoms with E-state index in [1.807, 2.05) is 0 Å². The van der Waals surface area contributed by atoms with Crippen LogP contribution in [0.1, 0.15) is 13.8 Å². The van der Waals surface area contributed by atoms with Crippen molar-refractivity contribution in [2.24, 2.45) is 0 Å². The minimum atomic E-state index is -4.35. The maximum absolute atomic E-state index is 10.7. The molecule has 0 rings (SSSR count). The van der Waals surface area contributed by atoms with Gasteiger partial charge >= 0.3 is 18.9 Å². The van der Waals surface area contributed by atoms with Crippen molar-refractivity contribution in [3.63, 3.8) is 0 Å². The Morgan fingerprint density at radius 1 is 1.50 bits per heavy atom. The van der Waals surface area contributed by atoms with Gasteiger partial charge in [0, 0.05) is 6.04 Å². The normalized spacial score (nSPS) is 14.8. The molecule has 0 spiro atoms. The van der Waals surface area contributed by atoms with Gasteiger partial charge in [0.2, 0.25) is 5.91 Å². The molecule has 1 amide bonds. The average Bonchev–Trinajstić information content (AvgIpc) is 2.01. The summed E-state index contributed by atoms with van der Waals surface area (Å²) in [6.45, 7) is 5.89. The number of hydrogen-bond acceptors (Lipinski definition) is 4. The van der Waals surface area contributed by atoms with Crippen molar-refractivity contribution in [1.82, 2.24) is 5.32 Å². The van der Waals surface area contributed by atoms with Gasteiger partial charge < -0.3 is 9.87 Å². The summed E-state index contributed by atoms with van der Waals surface area (Å²) in [4.78, 5) is 10.7. The third-order valence-corrected chi connectivity index (χ3v) is 3.03. The molecule has 0 saturated carbocycles. The summed E-state index contributed by atoms with van der Waals surface area (Å²) in [6, 6.07) is -0.715. The summed E-state index contributed by atoms with van der Waals surface area (Å²) in [5, 5.41) is 1.16. The van der Waals surface area contributed by atoms with Crippen molar-refractivity contribution in [2.45, 2.75) is 25.1 Å². The number of hydrogen-bond donors (Lipinski definition) is 1. The van der Waals surface area contributed by atoms with Crippen LogP contribution in [0.25, 0.3) is 0 Å². The zero-order valence-corrected chi connectivity index (χ0v) is 9.30. The molecule has 0 aromatic rings. The topological polar surface area (TPSA) is 86.3 Å². The SMILES string of the molecule is C=CC(=O)NC(C)C(C)S(=O)(=O)[O-].[Li+]. The smallest absolute Gasteiger partial charge is 0.748 e. The van der Waals surface area contributed by atoms with Crippen LogP contribution in [0.2, 0.25) is 0 Å². The van der Waals surface area contributed by atoms with E-state index in [9.17, 15) is 17.8 Å². The first-order valence-electron chi connectivity index (χ1n) is 3.66. The van der Waals surface area contributed by atoms with Gasteiger partial charge in [-0.25, -0.2) is 8.42 Å². The Bertz CT molecular complexity index is 301. The van der Waals surface area contributed by atoms with E-state index >= 15 is 0 Å². The Labute approximate surface area is 95.9 Å². The summed E-state index contributed by atoms with van der Waals surface area (Å²) in [5.74, 6) is -0.497. The molecule has 0 bridgehead atoms. The average molecular weight is 213 g/mol. The summed E-state index contributed by atoms with van der Waals surface area (Å²) in [6.07, 6.45) is 1.01. The van der Waals surface area contributed by atoms with E-state index in [0.29, 0.717) is 0 Å². The van der Waals surface area contributed by atoms with Crippen LogP contribution in [-0.2, 0) is 14.9 Å². The zero-order chi connectivity index (χ0) is 10.6. The van der Waals surface area contributed by atoms with Crippen molar-refractivity contribution in [3.05, 3.63) is 12.7 Å². The predicted molar refractivity (Wildman–Crippen MR) is 47.0 cm³/mol. The molecule has 2 atom stereocenters. The summed E-state index contributed by atoms with van der Waals surface area (Å²) >= 11 is 0. The van der Waals surface area contributed by atoms with E-state index in [2.05, 4.69) is 11.9 Å². The fraction of sp³-hybridized carbons (Fsp3) is 0.571. The number of carbonyl (C=O) groups excluding carboxylic acids is 1. The Morgan fingerprint density at radius 2 is 1.93 bits per heavy atom. The molecule has 2 unspecified atom stereocenters. The van der Waals surface area contributed by atoms with Gasteiger partial charge in [-0.1, -0.05) is 6.58 Å². The summed E-state index contributed by atoms with van der Waals surface area (Å²) < 4.78 is 31.5. The molecular weight excluding hydrogens is 201 g/mol. The molecule has 7 heteroatoms. The molecule has 14 heavy (non-hydrogen) atoms. The number of nitrogens with one attached hydrogen (secondary N) is 1. The van der Waals surface area contributed by atoms with Crippen molar-refractivity contribution in [2.75, 3.05) is 0 Å². The molecule has 0 aliphatic carbocycles. The largest absolute Gasteiger partial charge is 1.00 e. The van der Waals surface area contributed by atoms with Gasteiger partial charge in [-0.15, -0.1) is 0 Å². The second-order valence-corrected chi connectivity index (χ2v) is 4.43. The van der Waals surface area contributed by atoms with Gasteiger partial charge in [-0.05, 0) is 19.9 Å². The molecule has 76 valence electrons. The molecule has 0 fully saturated rings. The molecule has 1 N–H and O–H groups in total. The summed E-state index contributed by atoms with van der Waals surface area (Å²) in [5.41, 5.74) is 0. The van der Waals surface area contributed by atoms with Gasteiger partial charge in [0.05, 0.1) is 15.4 Å². The number of rotatable bonds is 4. The van der Waals surface area contributed by atoms with E-state index < -0.39 is 27.3 Å². The molecule has 0 aliphatic heterocycles. The molecule has 0 radical (unpaired) electrons. The molecular formula is C7H12LiNO4S. The molecule has 0 saturated heterocycles. The van der Waals surface area contributed by atoms with Gasteiger partial charge in [0.15, 0.2) is 0 Å². The second kappa shape index (κ2) is 6.25. The van der Waals surface area contributed by atoms with Crippen LogP contribution in [-0.4, -0.2) is 30.2 Å². The van der Waals surface area contributed by atoms with Crippen molar-refractivity contribution < 1.29 is 36.6 Å². The van der Waals surface area contributed by atoms with Gasteiger partial charge in [-0.2, -0.15) is 0 Å². The molecule has 0 aliphatic rings. The van der Waals surface area contributed by atoms with E-state index in [0.717, 1.165) is 6.08 Å². The van der Waals surface area contributed by atoms with Crippen LogP contribution in [0.3, 0.4) is 0 Å². The molecule has 0 aromatic heterocycles. The van der Waals surface area contributed by atoms with Crippen LogP contribution in [0.4, 0.5) is 0 Å². The van der Waals surface area contributed by atoms with Crippen LogP contribution in [0.15, 0.2) is 12.7 Å². The van der Waals surface area contributed by atoms with Crippen LogP contribution >= 0.6 is 0 Å². The fourth-order valence-corrected chi connectivity index (χ4v) is 1.22. The molecule has 0 aromatic carbocycles. The van der Waals surface area contributed by atoms with E-state index in [4.69, 9.17) is 0 Å². The van der Waals surface area contributed by atoms with Gasteiger partial charge in [0.25, 0.3) is 0 Å². The van der Waals surface area contributed by atoms with E-state index in [-0.39, 0.29) is 18.9 Å². The summed E-state index contributed by atoms with van der Waals surface area (Å²) in [7, 11) is -4.35. The Kier molecular flexibility index (Phi) is 7.21. The van der Waals surface area contributed by atoms with Crippen molar-refractivity contribution in [3.8, 4) is 0 Å². The monoisotopic (exact) mass is 213 g/mol. The minimum Gasteiger partial charge on any atom is -0.748 e. The van der Waals surface area contributed by atoms with Crippen LogP contribution in [0.5, 0.6) is 0 Å². The second-order valence-electron chi connectivity index (χ2n) is 2.70. The Hall–Kier alpha value is -0.283. The third kappa shape index (κ3) is 5.45. The quantitative estimate of drug-likeness (QED) is 0.300. The predicted octanol–water partition coefficient (Wildman–Crippen LogP) is -3.39. The zero-order valence-electron chi connectivity index (χ0n) is 8.48.